The van der Waals surface area contributed by atoms with Gasteiger partial charge in [-0.15, -0.1) is 0 Å². The Bertz CT molecular complexity index is 355. The summed E-state index contributed by atoms with van der Waals surface area (Å²) in [5, 5.41) is 2.61. The molecule has 0 aliphatic carbocycles. The molecule has 94 valence electrons. The lowest BCUT2D eigenvalue weighted by molar-refractivity contribution is -0.119. The van der Waals surface area contributed by atoms with E-state index < -0.39 is 6.61 Å². The molecule has 0 heterocycles. The number of hydrogen-bond donors (Lipinski definition) is 2. The fourth-order valence-corrected chi connectivity index (χ4v) is 1.26. The Labute approximate surface area is 97.8 Å². The summed E-state index contributed by atoms with van der Waals surface area (Å²) in [6.07, 6.45) is 0.612. The van der Waals surface area contributed by atoms with Gasteiger partial charge in [-0.1, -0.05) is 12.1 Å². The SMILES string of the molecule is NCC(=O)NCCc1ccc(OC(F)F)cc1. The van der Waals surface area contributed by atoms with Gasteiger partial charge < -0.3 is 15.8 Å². The van der Waals surface area contributed by atoms with Crippen molar-refractivity contribution in [2.45, 2.75) is 13.0 Å². The van der Waals surface area contributed by atoms with Gasteiger partial charge in [0.25, 0.3) is 0 Å². The number of alkyl halides is 2. The summed E-state index contributed by atoms with van der Waals surface area (Å²) in [7, 11) is 0. The third-order valence-corrected chi connectivity index (χ3v) is 2.07. The first-order valence-electron chi connectivity index (χ1n) is 5.12. The first-order valence-corrected chi connectivity index (χ1v) is 5.12. The molecule has 0 atom stereocenters. The lowest BCUT2D eigenvalue weighted by atomic mass is 10.1. The summed E-state index contributed by atoms with van der Waals surface area (Å²) >= 11 is 0. The van der Waals surface area contributed by atoms with E-state index in [1.54, 1.807) is 12.1 Å². The minimum Gasteiger partial charge on any atom is -0.435 e. The van der Waals surface area contributed by atoms with Crippen LogP contribution in [0.1, 0.15) is 5.56 Å². The monoisotopic (exact) mass is 244 g/mol. The first kappa shape index (κ1) is 13.4. The van der Waals surface area contributed by atoms with Crippen molar-refractivity contribution in [3.05, 3.63) is 29.8 Å². The number of ether oxygens (including phenoxy) is 1. The van der Waals surface area contributed by atoms with Crippen LogP contribution in [0.15, 0.2) is 24.3 Å². The van der Waals surface area contributed by atoms with Crippen molar-refractivity contribution in [1.29, 1.82) is 0 Å². The summed E-state index contributed by atoms with van der Waals surface area (Å²) in [6.45, 7) is -2.39. The van der Waals surface area contributed by atoms with Crippen LogP contribution in [0, 0.1) is 0 Å². The molecule has 1 rings (SSSR count). The number of benzene rings is 1. The van der Waals surface area contributed by atoms with Crippen molar-refractivity contribution in [3.63, 3.8) is 0 Å². The van der Waals surface area contributed by atoms with Crippen LogP contribution in [0.3, 0.4) is 0 Å². The molecule has 0 radical (unpaired) electrons. The van der Waals surface area contributed by atoms with Crippen molar-refractivity contribution in [1.82, 2.24) is 5.32 Å². The molecular formula is C11H14F2N2O2. The molecule has 0 fully saturated rings. The number of rotatable bonds is 6. The standard InChI is InChI=1S/C11H14F2N2O2/c12-11(13)17-9-3-1-8(2-4-9)5-6-15-10(16)7-14/h1-4,11H,5-7,14H2,(H,15,16). The zero-order valence-electron chi connectivity index (χ0n) is 9.16. The fraction of sp³-hybridized carbons (Fsp3) is 0.364. The summed E-state index contributed by atoms with van der Waals surface area (Å²) < 4.78 is 27.9. The van der Waals surface area contributed by atoms with Crippen LogP contribution in [-0.2, 0) is 11.2 Å². The van der Waals surface area contributed by atoms with Crippen molar-refractivity contribution in [3.8, 4) is 5.75 Å². The minimum absolute atomic E-state index is 0.0405. The molecule has 1 amide bonds. The number of nitrogens with two attached hydrogens (primary N) is 1. The third-order valence-electron chi connectivity index (χ3n) is 2.07. The summed E-state index contributed by atoms with van der Waals surface area (Å²) in [4.78, 5) is 10.8. The quantitative estimate of drug-likeness (QED) is 0.781. The Hall–Kier alpha value is -1.69. The highest BCUT2D eigenvalue weighted by Crippen LogP contribution is 2.14. The molecule has 0 saturated heterocycles. The second-order valence-corrected chi connectivity index (χ2v) is 3.33. The maximum Gasteiger partial charge on any atom is 0.387 e. The molecule has 0 bridgehead atoms. The van der Waals surface area contributed by atoms with E-state index in [1.807, 2.05) is 0 Å². The van der Waals surface area contributed by atoms with Crippen LogP contribution >= 0.6 is 0 Å². The van der Waals surface area contributed by atoms with Gasteiger partial charge in [0, 0.05) is 6.54 Å². The average Bonchev–Trinajstić information content (AvgIpc) is 2.30. The van der Waals surface area contributed by atoms with Gasteiger partial charge in [-0.3, -0.25) is 4.79 Å². The van der Waals surface area contributed by atoms with Crippen molar-refractivity contribution in [2.75, 3.05) is 13.1 Å². The van der Waals surface area contributed by atoms with Crippen LogP contribution in [-0.4, -0.2) is 25.6 Å². The largest absolute Gasteiger partial charge is 0.435 e. The minimum atomic E-state index is -2.82. The molecule has 1 aromatic rings. The van der Waals surface area contributed by atoms with E-state index in [0.717, 1.165) is 5.56 Å². The molecule has 0 spiro atoms. The molecule has 6 heteroatoms. The van der Waals surface area contributed by atoms with Gasteiger partial charge in [0.2, 0.25) is 5.91 Å². The molecule has 0 saturated carbocycles. The van der Waals surface area contributed by atoms with E-state index in [2.05, 4.69) is 10.1 Å². The molecule has 0 unspecified atom stereocenters. The van der Waals surface area contributed by atoms with Gasteiger partial charge >= 0.3 is 6.61 Å². The Morgan fingerprint density at radius 3 is 2.53 bits per heavy atom. The first-order chi connectivity index (χ1) is 8.11. The van der Waals surface area contributed by atoms with Gasteiger partial charge in [0.05, 0.1) is 6.54 Å². The summed E-state index contributed by atoms with van der Waals surface area (Å²) in [5.41, 5.74) is 6.04. The topological polar surface area (TPSA) is 64.4 Å². The van der Waals surface area contributed by atoms with E-state index in [9.17, 15) is 13.6 Å². The highest BCUT2D eigenvalue weighted by Gasteiger charge is 2.03. The number of hydrogen-bond acceptors (Lipinski definition) is 3. The van der Waals surface area contributed by atoms with E-state index in [-0.39, 0.29) is 18.2 Å². The third kappa shape index (κ3) is 5.26. The Kier molecular flexibility index (Phi) is 5.35. The summed E-state index contributed by atoms with van der Waals surface area (Å²) in [5.74, 6) is -0.0996. The molecule has 17 heavy (non-hydrogen) atoms. The van der Waals surface area contributed by atoms with Crippen LogP contribution in [0.4, 0.5) is 8.78 Å². The maximum atomic E-state index is 11.9. The zero-order valence-corrected chi connectivity index (χ0v) is 9.16. The van der Waals surface area contributed by atoms with Crippen LogP contribution in [0.25, 0.3) is 0 Å². The fourth-order valence-electron chi connectivity index (χ4n) is 1.26. The molecule has 0 aliphatic rings. The predicted molar refractivity (Wildman–Crippen MR) is 58.8 cm³/mol. The average molecular weight is 244 g/mol. The number of halogens is 2. The van der Waals surface area contributed by atoms with Gasteiger partial charge in [-0.05, 0) is 24.1 Å². The van der Waals surface area contributed by atoms with E-state index in [0.29, 0.717) is 13.0 Å². The zero-order chi connectivity index (χ0) is 12.7. The molecule has 4 nitrogen and oxygen atoms in total. The predicted octanol–water partition coefficient (Wildman–Crippen LogP) is 0.905. The smallest absolute Gasteiger partial charge is 0.387 e. The lowest BCUT2D eigenvalue weighted by Crippen LogP contribution is -2.31. The second kappa shape index (κ2) is 6.80. The Balaban J connectivity index is 2.37. The number of carbonyl (C=O) groups is 1. The van der Waals surface area contributed by atoms with Crippen LogP contribution in [0.2, 0.25) is 0 Å². The van der Waals surface area contributed by atoms with Crippen LogP contribution < -0.4 is 15.8 Å². The van der Waals surface area contributed by atoms with E-state index in [1.165, 1.54) is 12.1 Å². The van der Waals surface area contributed by atoms with Crippen molar-refractivity contribution < 1.29 is 18.3 Å². The maximum absolute atomic E-state index is 11.9. The lowest BCUT2D eigenvalue weighted by Gasteiger charge is -2.06. The molecule has 3 N–H and O–H groups in total. The highest BCUT2D eigenvalue weighted by atomic mass is 19.3. The van der Waals surface area contributed by atoms with Gasteiger partial charge in [-0.25, -0.2) is 0 Å². The summed E-state index contributed by atoms with van der Waals surface area (Å²) in [6, 6.07) is 6.27. The van der Waals surface area contributed by atoms with E-state index in [4.69, 9.17) is 5.73 Å². The molecule has 0 aliphatic heterocycles. The Morgan fingerprint density at radius 1 is 1.35 bits per heavy atom. The molecular weight excluding hydrogens is 230 g/mol. The van der Waals surface area contributed by atoms with Crippen LogP contribution in [0.5, 0.6) is 5.75 Å². The molecule has 0 aromatic heterocycles. The normalized spacial score (nSPS) is 10.4. The highest BCUT2D eigenvalue weighted by molar-refractivity contribution is 5.77. The molecule has 1 aromatic carbocycles. The number of amides is 1. The van der Waals surface area contributed by atoms with Gasteiger partial charge in [0.1, 0.15) is 5.75 Å². The van der Waals surface area contributed by atoms with Crippen molar-refractivity contribution >= 4 is 5.91 Å². The van der Waals surface area contributed by atoms with Crippen molar-refractivity contribution in [2.24, 2.45) is 5.73 Å². The second-order valence-electron chi connectivity index (χ2n) is 3.33. The Morgan fingerprint density at radius 2 is 2.00 bits per heavy atom. The van der Waals surface area contributed by atoms with E-state index >= 15 is 0 Å². The van der Waals surface area contributed by atoms with Gasteiger partial charge in [-0.2, -0.15) is 8.78 Å². The number of carbonyl (C=O) groups excluding carboxylic acids is 1. The van der Waals surface area contributed by atoms with Gasteiger partial charge in [0.15, 0.2) is 0 Å². The number of nitrogens with one attached hydrogen (secondary N) is 1.